The number of benzene rings is 2. The van der Waals surface area contributed by atoms with E-state index >= 15 is 0 Å². The van der Waals surface area contributed by atoms with Crippen molar-refractivity contribution in [1.29, 1.82) is 0 Å². The number of anilines is 1. The second kappa shape index (κ2) is 9.39. The largest absolute Gasteiger partial charge is 0.444 e. The lowest BCUT2D eigenvalue weighted by atomic mass is 10.1. The summed E-state index contributed by atoms with van der Waals surface area (Å²) in [5.74, 6) is -1.18. The summed E-state index contributed by atoms with van der Waals surface area (Å²) in [7, 11) is 3.15. The molecule has 3 rings (SSSR count). The second-order valence-electron chi connectivity index (χ2n) is 7.44. The maximum absolute atomic E-state index is 12.8. The SMILES string of the molecule is CN(C)C(=O)[C@H](OC(=O)c1ccc(N2CCCCC2)c([N+](=O)[O-])c1)c1ccccc1. The van der Waals surface area contributed by atoms with Gasteiger partial charge in [0.2, 0.25) is 6.10 Å². The van der Waals surface area contributed by atoms with Gasteiger partial charge in [-0.05, 0) is 31.4 Å². The Morgan fingerprint density at radius 3 is 2.33 bits per heavy atom. The minimum Gasteiger partial charge on any atom is -0.444 e. The lowest BCUT2D eigenvalue weighted by Crippen LogP contribution is -2.31. The Morgan fingerprint density at radius 2 is 1.73 bits per heavy atom. The first-order valence-electron chi connectivity index (χ1n) is 9.89. The molecule has 0 spiro atoms. The predicted molar refractivity (Wildman–Crippen MR) is 112 cm³/mol. The Morgan fingerprint density at radius 1 is 1.07 bits per heavy atom. The number of nitro benzene ring substituents is 1. The molecule has 1 saturated heterocycles. The van der Waals surface area contributed by atoms with Gasteiger partial charge in [0.1, 0.15) is 5.69 Å². The normalized spacial score (nSPS) is 14.7. The van der Waals surface area contributed by atoms with Crippen molar-refractivity contribution < 1.29 is 19.2 Å². The highest BCUT2D eigenvalue weighted by molar-refractivity contribution is 5.94. The number of carbonyl (C=O) groups excluding carboxylic acids is 2. The van der Waals surface area contributed by atoms with Crippen LogP contribution in [0.2, 0.25) is 0 Å². The number of carbonyl (C=O) groups is 2. The van der Waals surface area contributed by atoms with Crippen molar-refractivity contribution in [3.8, 4) is 0 Å². The molecule has 158 valence electrons. The number of amides is 1. The van der Waals surface area contributed by atoms with E-state index in [1.54, 1.807) is 50.5 Å². The van der Waals surface area contributed by atoms with Crippen LogP contribution in [0.3, 0.4) is 0 Å². The minimum atomic E-state index is -1.13. The van der Waals surface area contributed by atoms with Crippen LogP contribution >= 0.6 is 0 Å². The van der Waals surface area contributed by atoms with Crippen molar-refractivity contribution >= 4 is 23.3 Å². The van der Waals surface area contributed by atoms with Gasteiger partial charge in [-0.2, -0.15) is 0 Å². The molecule has 1 atom stereocenters. The molecule has 1 aliphatic rings. The molecule has 2 aromatic rings. The van der Waals surface area contributed by atoms with Crippen LogP contribution in [-0.4, -0.2) is 48.9 Å². The van der Waals surface area contributed by atoms with Crippen LogP contribution in [0.5, 0.6) is 0 Å². The second-order valence-corrected chi connectivity index (χ2v) is 7.44. The van der Waals surface area contributed by atoms with Gasteiger partial charge in [-0.15, -0.1) is 0 Å². The third-order valence-corrected chi connectivity index (χ3v) is 5.10. The van der Waals surface area contributed by atoms with E-state index in [2.05, 4.69) is 0 Å². The number of nitrogens with zero attached hydrogens (tertiary/aromatic N) is 3. The summed E-state index contributed by atoms with van der Waals surface area (Å²) < 4.78 is 5.50. The molecule has 8 nitrogen and oxygen atoms in total. The number of likely N-dealkylation sites (N-methyl/N-ethyl adjacent to an activating group) is 1. The van der Waals surface area contributed by atoms with Crippen LogP contribution in [0.25, 0.3) is 0 Å². The van der Waals surface area contributed by atoms with E-state index in [4.69, 9.17) is 4.74 Å². The van der Waals surface area contributed by atoms with Gasteiger partial charge in [0.25, 0.3) is 11.6 Å². The average Bonchev–Trinajstić information content (AvgIpc) is 2.77. The monoisotopic (exact) mass is 411 g/mol. The Hall–Kier alpha value is -3.42. The molecule has 0 radical (unpaired) electrons. The molecule has 1 fully saturated rings. The van der Waals surface area contributed by atoms with Crippen LogP contribution in [0.1, 0.15) is 41.3 Å². The zero-order chi connectivity index (χ0) is 21.7. The summed E-state index contributed by atoms with van der Waals surface area (Å²) in [5.41, 5.74) is 0.931. The first-order chi connectivity index (χ1) is 14.4. The molecule has 0 N–H and O–H groups in total. The summed E-state index contributed by atoms with van der Waals surface area (Å²) >= 11 is 0. The molecule has 1 heterocycles. The van der Waals surface area contributed by atoms with Crippen LogP contribution in [0, 0.1) is 10.1 Å². The molecule has 0 bridgehead atoms. The van der Waals surface area contributed by atoms with E-state index in [0.717, 1.165) is 32.4 Å². The van der Waals surface area contributed by atoms with Gasteiger partial charge in [0, 0.05) is 38.8 Å². The lowest BCUT2D eigenvalue weighted by molar-refractivity contribution is -0.384. The first kappa shape index (κ1) is 21.3. The zero-order valence-corrected chi connectivity index (χ0v) is 17.1. The highest BCUT2D eigenvalue weighted by Crippen LogP contribution is 2.32. The number of hydrogen-bond acceptors (Lipinski definition) is 6. The van der Waals surface area contributed by atoms with Crippen LogP contribution in [0.15, 0.2) is 48.5 Å². The first-order valence-corrected chi connectivity index (χ1v) is 9.89. The predicted octanol–water partition coefficient (Wildman–Crippen LogP) is 3.57. The number of hydrogen-bond donors (Lipinski definition) is 0. The van der Waals surface area contributed by atoms with Crippen LogP contribution in [-0.2, 0) is 9.53 Å². The number of nitro groups is 1. The van der Waals surface area contributed by atoms with Gasteiger partial charge in [0.15, 0.2) is 0 Å². The van der Waals surface area contributed by atoms with E-state index < -0.39 is 22.9 Å². The smallest absolute Gasteiger partial charge is 0.339 e. The van der Waals surface area contributed by atoms with Crippen molar-refractivity contribution in [2.24, 2.45) is 0 Å². The molecule has 1 aliphatic heterocycles. The fraction of sp³-hybridized carbons (Fsp3) is 0.364. The lowest BCUT2D eigenvalue weighted by Gasteiger charge is -2.28. The van der Waals surface area contributed by atoms with Gasteiger partial charge in [0.05, 0.1) is 10.5 Å². The van der Waals surface area contributed by atoms with Crippen molar-refractivity contribution in [2.45, 2.75) is 25.4 Å². The summed E-state index contributed by atoms with van der Waals surface area (Å²) in [4.78, 5) is 39.8. The van der Waals surface area contributed by atoms with Gasteiger partial charge < -0.3 is 14.5 Å². The molecule has 8 heteroatoms. The number of esters is 1. The molecular formula is C22H25N3O5. The third kappa shape index (κ3) is 4.76. The van der Waals surface area contributed by atoms with Crippen molar-refractivity contribution in [3.05, 3.63) is 69.8 Å². The van der Waals surface area contributed by atoms with Crippen molar-refractivity contribution in [2.75, 3.05) is 32.1 Å². The fourth-order valence-corrected chi connectivity index (χ4v) is 3.50. The molecule has 0 aliphatic carbocycles. The Kier molecular flexibility index (Phi) is 6.66. The Labute approximate surface area is 175 Å². The van der Waals surface area contributed by atoms with Crippen molar-refractivity contribution in [3.63, 3.8) is 0 Å². The molecule has 0 saturated carbocycles. The number of rotatable bonds is 6. The van der Waals surface area contributed by atoms with Crippen molar-refractivity contribution in [1.82, 2.24) is 4.90 Å². The summed E-state index contributed by atoms with van der Waals surface area (Å²) in [6, 6.07) is 13.0. The van der Waals surface area contributed by atoms with E-state index in [9.17, 15) is 19.7 Å². The van der Waals surface area contributed by atoms with Crippen LogP contribution < -0.4 is 4.90 Å². The maximum atomic E-state index is 12.8. The standard InChI is InChI=1S/C22H25N3O5/c1-23(2)21(26)20(16-9-5-3-6-10-16)30-22(27)17-11-12-18(19(15-17)25(28)29)24-13-7-4-8-14-24/h3,5-6,9-12,15,20H,4,7-8,13-14H2,1-2H3/t20-/m1/s1. The molecule has 0 unspecified atom stereocenters. The Balaban J connectivity index is 1.88. The molecule has 2 aromatic carbocycles. The summed E-state index contributed by atoms with van der Waals surface area (Å²) in [6.45, 7) is 1.50. The van der Waals surface area contributed by atoms with E-state index in [-0.39, 0.29) is 11.3 Å². The average molecular weight is 411 g/mol. The minimum absolute atomic E-state index is 0.0370. The quantitative estimate of drug-likeness (QED) is 0.410. The van der Waals surface area contributed by atoms with E-state index in [1.807, 2.05) is 4.90 Å². The van der Waals surface area contributed by atoms with E-state index in [0.29, 0.717) is 11.3 Å². The fourth-order valence-electron chi connectivity index (χ4n) is 3.50. The van der Waals surface area contributed by atoms with Gasteiger partial charge >= 0.3 is 5.97 Å². The van der Waals surface area contributed by atoms with Crippen LogP contribution in [0.4, 0.5) is 11.4 Å². The number of ether oxygens (including phenoxy) is 1. The highest BCUT2D eigenvalue weighted by Gasteiger charge is 2.29. The molecular weight excluding hydrogens is 386 g/mol. The van der Waals surface area contributed by atoms with Gasteiger partial charge in [-0.25, -0.2) is 4.79 Å². The summed E-state index contributed by atoms with van der Waals surface area (Å²) in [6.07, 6.45) is 1.93. The molecule has 30 heavy (non-hydrogen) atoms. The third-order valence-electron chi connectivity index (χ3n) is 5.10. The van der Waals surface area contributed by atoms with Gasteiger partial charge in [-0.3, -0.25) is 14.9 Å². The van der Waals surface area contributed by atoms with Gasteiger partial charge in [-0.1, -0.05) is 30.3 Å². The van der Waals surface area contributed by atoms with E-state index in [1.165, 1.54) is 17.0 Å². The number of piperidine rings is 1. The highest BCUT2D eigenvalue weighted by atomic mass is 16.6. The maximum Gasteiger partial charge on any atom is 0.339 e. The molecule has 0 aromatic heterocycles. The topological polar surface area (TPSA) is 93.0 Å². The zero-order valence-electron chi connectivity index (χ0n) is 17.1. The Bertz CT molecular complexity index is 924. The molecule has 1 amide bonds. The summed E-state index contributed by atoms with van der Waals surface area (Å²) in [5, 5.41) is 11.6.